The van der Waals surface area contributed by atoms with E-state index in [2.05, 4.69) is 22.3 Å². The summed E-state index contributed by atoms with van der Waals surface area (Å²) >= 11 is 0. The van der Waals surface area contributed by atoms with E-state index in [1.165, 1.54) is 0 Å². The van der Waals surface area contributed by atoms with E-state index in [0.717, 1.165) is 30.5 Å². The minimum absolute atomic E-state index is 0.00445. The Morgan fingerprint density at radius 1 is 1.44 bits per heavy atom. The monoisotopic (exact) mass is 343 g/mol. The highest BCUT2D eigenvalue weighted by atomic mass is 16.3. The number of likely N-dealkylation sites (tertiary alicyclic amines) is 1. The third-order valence-corrected chi connectivity index (χ3v) is 4.60. The molecule has 25 heavy (non-hydrogen) atoms. The van der Waals surface area contributed by atoms with Crippen molar-refractivity contribution < 1.29 is 9.90 Å². The number of hydrogen-bond acceptors (Lipinski definition) is 5. The Labute approximate surface area is 147 Å². The number of nitrogens with zero attached hydrogens (tertiary/aromatic N) is 4. The summed E-state index contributed by atoms with van der Waals surface area (Å²) in [6.07, 6.45) is 4.65. The van der Waals surface area contributed by atoms with Gasteiger partial charge in [-0.05, 0) is 31.4 Å². The lowest BCUT2D eigenvalue weighted by molar-refractivity contribution is 0.0672. The molecule has 1 saturated heterocycles. The van der Waals surface area contributed by atoms with Crippen LogP contribution in [0.2, 0.25) is 0 Å². The molecule has 0 radical (unpaired) electrons. The Morgan fingerprint density at radius 3 is 3.04 bits per heavy atom. The van der Waals surface area contributed by atoms with Gasteiger partial charge in [0.2, 0.25) is 0 Å². The molecule has 7 heteroatoms. The summed E-state index contributed by atoms with van der Waals surface area (Å²) in [6, 6.07) is 5.32. The number of amides is 1. The van der Waals surface area contributed by atoms with Crippen LogP contribution in [0.5, 0.6) is 0 Å². The Bertz CT molecular complexity index is 743. The minimum atomic E-state index is -0.115. The molecule has 0 aliphatic carbocycles. The zero-order valence-electron chi connectivity index (χ0n) is 14.8. The molecule has 134 valence electrons. The van der Waals surface area contributed by atoms with Crippen molar-refractivity contribution in [3.05, 3.63) is 41.3 Å². The van der Waals surface area contributed by atoms with Crippen molar-refractivity contribution in [3.63, 3.8) is 0 Å². The van der Waals surface area contributed by atoms with E-state index in [9.17, 15) is 9.90 Å². The maximum absolute atomic E-state index is 12.7. The van der Waals surface area contributed by atoms with Crippen LogP contribution in [0.4, 0.5) is 5.82 Å². The second-order valence-corrected chi connectivity index (χ2v) is 6.37. The molecule has 3 rings (SSSR count). The highest BCUT2D eigenvalue weighted by Crippen LogP contribution is 2.20. The molecule has 1 aliphatic rings. The number of carbonyl (C=O) groups excluding carboxylic acids is 1. The highest BCUT2D eigenvalue weighted by molar-refractivity contribution is 5.93. The number of nitrogens with one attached hydrogen (secondary N) is 1. The van der Waals surface area contributed by atoms with Gasteiger partial charge in [-0.25, -0.2) is 4.98 Å². The Kier molecular flexibility index (Phi) is 5.33. The van der Waals surface area contributed by atoms with Crippen LogP contribution >= 0.6 is 0 Å². The van der Waals surface area contributed by atoms with Crippen LogP contribution in [-0.2, 0) is 20.0 Å². The Balaban J connectivity index is 1.70. The van der Waals surface area contributed by atoms with E-state index in [1.54, 1.807) is 11.0 Å². The summed E-state index contributed by atoms with van der Waals surface area (Å²) in [5.41, 5.74) is 2.60. The molecular weight excluding hydrogens is 318 g/mol. The average molecular weight is 343 g/mol. The van der Waals surface area contributed by atoms with Gasteiger partial charge in [0.1, 0.15) is 11.5 Å². The predicted molar refractivity (Wildman–Crippen MR) is 95.3 cm³/mol. The number of aliphatic hydroxyl groups excluding tert-OH is 1. The molecule has 3 heterocycles. The molecule has 2 aromatic heterocycles. The van der Waals surface area contributed by atoms with Gasteiger partial charge in [-0.3, -0.25) is 9.48 Å². The number of pyridine rings is 1. The van der Waals surface area contributed by atoms with Crippen molar-refractivity contribution >= 4 is 11.7 Å². The standard InChI is InChI=1S/C18H25N5O2/c1-3-15-13(11-22(2)21-15)10-19-17-8-4-7-16(20-17)18(25)23-9-5-6-14(23)12-24/h4,7-8,11,14,24H,3,5-6,9-10,12H2,1-2H3,(H,19,20)/t14-/m1/s1. The fourth-order valence-corrected chi connectivity index (χ4v) is 3.31. The third-order valence-electron chi connectivity index (χ3n) is 4.60. The molecule has 1 amide bonds. The van der Waals surface area contributed by atoms with Gasteiger partial charge in [0.15, 0.2) is 0 Å². The van der Waals surface area contributed by atoms with E-state index in [4.69, 9.17) is 0 Å². The van der Waals surface area contributed by atoms with Crippen LogP contribution < -0.4 is 5.32 Å². The van der Waals surface area contributed by atoms with E-state index in [1.807, 2.05) is 30.1 Å². The van der Waals surface area contributed by atoms with Gasteiger partial charge in [-0.1, -0.05) is 13.0 Å². The SMILES string of the molecule is CCc1nn(C)cc1CNc1cccc(C(=O)N2CCC[C@@H]2CO)n1. The normalized spacial score (nSPS) is 17.1. The maximum atomic E-state index is 12.7. The number of hydrogen-bond donors (Lipinski definition) is 2. The summed E-state index contributed by atoms with van der Waals surface area (Å²) in [6.45, 7) is 3.38. The molecule has 1 fully saturated rings. The van der Waals surface area contributed by atoms with E-state index < -0.39 is 0 Å². The molecule has 1 atom stereocenters. The molecule has 2 aromatic rings. The highest BCUT2D eigenvalue weighted by Gasteiger charge is 2.29. The first-order valence-electron chi connectivity index (χ1n) is 8.76. The summed E-state index contributed by atoms with van der Waals surface area (Å²) < 4.78 is 1.81. The predicted octanol–water partition coefficient (Wildman–Crippen LogP) is 1.59. The fraction of sp³-hybridized carbons (Fsp3) is 0.500. The Hall–Kier alpha value is -2.41. The average Bonchev–Trinajstić information content (AvgIpc) is 3.25. The second-order valence-electron chi connectivity index (χ2n) is 6.37. The van der Waals surface area contributed by atoms with Crippen molar-refractivity contribution in [2.75, 3.05) is 18.5 Å². The molecule has 1 aliphatic heterocycles. The summed E-state index contributed by atoms with van der Waals surface area (Å²) in [4.78, 5) is 18.8. The van der Waals surface area contributed by atoms with Crippen LogP contribution in [0.1, 0.15) is 41.5 Å². The maximum Gasteiger partial charge on any atom is 0.272 e. The number of rotatable bonds is 6. The molecule has 2 N–H and O–H groups in total. The number of carbonyl (C=O) groups is 1. The lowest BCUT2D eigenvalue weighted by Crippen LogP contribution is -2.38. The summed E-state index contributed by atoms with van der Waals surface area (Å²) in [7, 11) is 1.91. The first-order chi connectivity index (χ1) is 12.1. The number of anilines is 1. The van der Waals surface area contributed by atoms with Gasteiger partial charge < -0.3 is 15.3 Å². The van der Waals surface area contributed by atoms with Crippen molar-refractivity contribution in [1.82, 2.24) is 19.7 Å². The lowest BCUT2D eigenvalue weighted by Gasteiger charge is -2.22. The topological polar surface area (TPSA) is 83.3 Å². The second kappa shape index (κ2) is 7.65. The first kappa shape index (κ1) is 17.4. The van der Waals surface area contributed by atoms with Crippen molar-refractivity contribution in [2.24, 2.45) is 7.05 Å². The third kappa shape index (κ3) is 3.82. The van der Waals surface area contributed by atoms with Crippen LogP contribution in [-0.4, -0.2) is 49.9 Å². The molecule has 0 spiro atoms. The van der Waals surface area contributed by atoms with E-state index in [0.29, 0.717) is 24.6 Å². The van der Waals surface area contributed by atoms with Crippen LogP contribution in [0.25, 0.3) is 0 Å². The molecular formula is C18H25N5O2. The first-order valence-corrected chi connectivity index (χ1v) is 8.76. The quantitative estimate of drug-likeness (QED) is 0.832. The van der Waals surface area contributed by atoms with E-state index >= 15 is 0 Å². The summed E-state index contributed by atoms with van der Waals surface area (Å²) in [5, 5.41) is 17.1. The van der Waals surface area contributed by atoms with Gasteiger partial charge in [0.25, 0.3) is 5.91 Å². The number of aryl methyl sites for hydroxylation is 2. The van der Waals surface area contributed by atoms with Gasteiger partial charge in [0.05, 0.1) is 18.3 Å². The van der Waals surface area contributed by atoms with E-state index in [-0.39, 0.29) is 18.6 Å². The van der Waals surface area contributed by atoms with Crippen molar-refractivity contribution in [1.29, 1.82) is 0 Å². The van der Waals surface area contributed by atoms with Crippen molar-refractivity contribution in [2.45, 2.75) is 38.8 Å². The largest absolute Gasteiger partial charge is 0.394 e. The van der Waals surface area contributed by atoms with Crippen LogP contribution in [0.3, 0.4) is 0 Å². The van der Waals surface area contributed by atoms with Crippen LogP contribution in [0, 0.1) is 0 Å². The zero-order valence-corrected chi connectivity index (χ0v) is 14.8. The Morgan fingerprint density at radius 2 is 2.28 bits per heavy atom. The molecule has 0 aromatic carbocycles. The molecule has 0 bridgehead atoms. The lowest BCUT2D eigenvalue weighted by atomic mass is 10.2. The van der Waals surface area contributed by atoms with Gasteiger partial charge in [0, 0.05) is 31.9 Å². The van der Waals surface area contributed by atoms with Crippen molar-refractivity contribution in [3.8, 4) is 0 Å². The summed E-state index contributed by atoms with van der Waals surface area (Å²) in [5.74, 6) is 0.548. The van der Waals surface area contributed by atoms with Gasteiger partial charge in [-0.2, -0.15) is 5.10 Å². The molecule has 7 nitrogen and oxygen atoms in total. The van der Waals surface area contributed by atoms with Gasteiger partial charge >= 0.3 is 0 Å². The fourth-order valence-electron chi connectivity index (χ4n) is 3.31. The minimum Gasteiger partial charge on any atom is -0.394 e. The zero-order chi connectivity index (χ0) is 17.8. The number of aliphatic hydroxyl groups is 1. The van der Waals surface area contributed by atoms with Crippen LogP contribution in [0.15, 0.2) is 24.4 Å². The molecule has 0 saturated carbocycles. The van der Waals surface area contributed by atoms with Gasteiger partial charge in [-0.15, -0.1) is 0 Å². The smallest absolute Gasteiger partial charge is 0.272 e. The number of aromatic nitrogens is 3. The molecule has 0 unspecified atom stereocenters.